The van der Waals surface area contributed by atoms with E-state index in [1.54, 1.807) is 13.2 Å². The van der Waals surface area contributed by atoms with Gasteiger partial charge in [0.25, 0.3) is 0 Å². The molecule has 7 nitrogen and oxygen atoms in total. The number of ketones is 3. The molecule has 29 heavy (non-hydrogen) atoms. The zero-order chi connectivity index (χ0) is 21.6. The summed E-state index contributed by atoms with van der Waals surface area (Å²) in [6.45, 7) is 1.10. The predicted octanol–water partition coefficient (Wildman–Crippen LogP) is 1.83. The van der Waals surface area contributed by atoms with Crippen molar-refractivity contribution in [2.75, 3.05) is 20.3 Å². The van der Waals surface area contributed by atoms with Crippen LogP contribution in [0.3, 0.4) is 0 Å². The molecule has 0 saturated heterocycles. The number of phenols is 1. The first-order valence-corrected chi connectivity index (χ1v) is 9.92. The molecule has 0 aliphatic heterocycles. The van der Waals surface area contributed by atoms with Crippen molar-refractivity contribution in [2.45, 2.75) is 45.6 Å². The normalized spacial score (nSPS) is 18.2. The van der Waals surface area contributed by atoms with Gasteiger partial charge < -0.3 is 20.1 Å². The van der Waals surface area contributed by atoms with Crippen molar-refractivity contribution in [2.24, 2.45) is 17.8 Å². The molecule has 1 aliphatic rings. The van der Waals surface area contributed by atoms with Gasteiger partial charge in [0.2, 0.25) is 0 Å². The highest BCUT2D eigenvalue weighted by molar-refractivity contribution is 6.01. The standard InChI is InChI=1S/C22H30O7/c1-13(25)7-20(27)18(11-24)15(5-6-23)8-14-9-17-16(12-29-2)3-4-19(26)22(17)21(28)10-14/h3-4,14-15,18,23-24,26H,5-12H2,1-2H3. The third-order valence-electron chi connectivity index (χ3n) is 5.67. The lowest BCUT2D eigenvalue weighted by molar-refractivity contribution is -0.131. The molecule has 3 N–H and O–H groups in total. The van der Waals surface area contributed by atoms with Crippen LogP contribution in [0.5, 0.6) is 5.75 Å². The molecule has 1 aromatic rings. The molecule has 0 heterocycles. The number of rotatable bonds is 11. The lowest BCUT2D eigenvalue weighted by atomic mass is 9.73. The largest absolute Gasteiger partial charge is 0.507 e. The molecule has 0 spiro atoms. The van der Waals surface area contributed by atoms with Gasteiger partial charge in [-0.3, -0.25) is 14.4 Å². The summed E-state index contributed by atoms with van der Waals surface area (Å²) >= 11 is 0. The van der Waals surface area contributed by atoms with Crippen LogP contribution >= 0.6 is 0 Å². The SMILES string of the molecule is COCc1ccc(O)c2c1CC(CC(CCO)C(CO)C(=O)CC(C)=O)CC2=O. The minimum Gasteiger partial charge on any atom is -0.507 e. The number of aliphatic hydroxyl groups excluding tert-OH is 2. The molecule has 1 aromatic carbocycles. The van der Waals surface area contributed by atoms with Crippen molar-refractivity contribution < 1.29 is 34.4 Å². The second-order valence-corrected chi connectivity index (χ2v) is 7.87. The Morgan fingerprint density at radius 1 is 1.24 bits per heavy atom. The Kier molecular flexibility index (Phi) is 8.49. The molecule has 0 fully saturated rings. The summed E-state index contributed by atoms with van der Waals surface area (Å²) in [6, 6.07) is 3.24. The van der Waals surface area contributed by atoms with E-state index >= 15 is 0 Å². The molecule has 160 valence electrons. The van der Waals surface area contributed by atoms with Crippen molar-refractivity contribution in [3.63, 3.8) is 0 Å². The highest BCUT2D eigenvalue weighted by Gasteiger charge is 2.34. The van der Waals surface area contributed by atoms with Crippen LogP contribution < -0.4 is 0 Å². The first kappa shape index (κ1) is 23.2. The molecular weight excluding hydrogens is 376 g/mol. The molecular formula is C22H30O7. The van der Waals surface area contributed by atoms with Gasteiger partial charge in [0.1, 0.15) is 17.3 Å². The Hall–Kier alpha value is -2.09. The third kappa shape index (κ3) is 5.72. The zero-order valence-electron chi connectivity index (χ0n) is 17.0. The summed E-state index contributed by atoms with van der Waals surface area (Å²) in [7, 11) is 1.56. The molecule has 2 rings (SSSR count). The van der Waals surface area contributed by atoms with Crippen LogP contribution in [-0.4, -0.2) is 53.0 Å². The number of methoxy groups -OCH3 is 1. The fourth-order valence-electron chi connectivity index (χ4n) is 4.37. The Bertz CT molecular complexity index is 756. The fourth-order valence-corrected chi connectivity index (χ4v) is 4.37. The van der Waals surface area contributed by atoms with E-state index in [4.69, 9.17) is 4.74 Å². The average molecular weight is 406 g/mol. The maximum atomic E-state index is 12.7. The van der Waals surface area contributed by atoms with Gasteiger partial charge in [-0.05, 0) is 55.2 Å². The van der Waals surface area contributed by atoms with Crippen molar-refractivity contribution >= 4 is 17.3 Å². The number of fused-ring (bicyclic) bond motifs is 1. The second kappa shape index (κ2) is 10.6. The van der Waals surface area contributed by atoms with E-state index in [0.717, 1.165) is 11.1 Å². The van der Waals surface area contributed by atoms with E-state index in [2.05, 4.69) is 0 Å². The molecule has 3 unspecified atom stereocenters. The number of aliphatic hydroxyl groups is 2. The number of ether oxygens (including phenoxy) is 1. The molecule has 3 atom stereocenters. The number of hydrogen-bond acceptors (Lipinski definition) is 7. The summed E-state index contributed by atoms with van der Waals surface area (Å²) in [5, 5.41) is 29.4. The number of phenolic OH excluding ortho intramolecular Hbond substituents is 1. The summed E-state index contributed by atoms with van der Waals surface area (Å²) in [4.78, 5) is 36.5. The minimum absolute atomic E-state index is 0.0416. The van der Waals surface area contributed by atoms with Gasteiger partial charge in [0, 0.05) is 26.1 Å². The van der Waals surface area contributed by atoms with E-state index in [-0.39, 0.29) is 54.4 Å². The summed E-state index contributed by atoms with van der Waals surface area (Å²) < 4.78 is 5.21. The Morgan fingerprint density at radius 3 is 2.55 bits per heavy atom. The van der Waals surface area contributed by atoms with Crippen LogP contribution in [0, 0.1) is 17.8 Å². The van der Waals surface area contributed by atoms with Crippen molar-refractivity contribution in [3.05, 3.63) is 28.8 Å². The Labute approximate surface area is 170 Å². The van der Waals surface area contributed by atoms with Crippen molar-refractivity contribution in [1.29, 1.82) is 0 Å². The Balaban J connectivity index is 2.26. The van der Waals surface area contributed by atoms with E-state index < -0.39 is 12.5 Å². The number of Topliss-reactive ketones (excluding diaryl/α,β-unsaturated/α-hetero) is 3. The van der Waals surface area contributed by atoms with Gasteiger partial charge in [-0.25, -0.2) is 0 Å². The first-order chi connectivity index (χ1) is 13.8. The summed E-state index contributed by atoms with van der Waals surface area (Å²) in [5.74, 6) is -1.98. The lowest BCUT2D eigenvalue weighted by Gasteiger charge is -2.31. The molecule has 0 bridgehead atoms. The minimum atomic E-state index is -0.745. The maximum absolute atomic E-state index is 12.7. The maximum Gasteiger partial charge on any atom is 0.167 e. The van der Waals surface area contributed by atoms with Crippen LogP contribution in [-0.2, 0) is 27.4 Å². The van der Waals surface area contributed by atoms with E-state index in [1.165, 1.54) is 13.0 Å². The topological polar surface area (TPSA) is 121 Å². The molecule has 7 heteroatoms. The van der Waals surface area contributed by atoms with E-state index in [0.29, 0.717) is 31.4 Å². The summed E-state index contributed by atoms with van der Waals surface area (Å²) in [6.07, 6.45) is 1.28. The molecule has 0 saturated carbocycles. The fraction of sp³-hybridized carbons (Fsp3) is 0.591. The molecule has 0 amide bonds. The first-order valence-electron chi connectivity index (χ1n) is 9.92. The highest BCUT2D eigenvalue weighted by atomic mass is 16.5. The van der Waals surface area contributed by atoms with Gasteiger partial charge >= 0.3 is 0 Å². The molecule has 1 aliphatic carbocycles. The third-order valence-corrected chi connectivity index (χ3v) is 5.67. The predicted molar refractivity (Wildman–Crippen MR) is 106 cm³/mol. The van der Waals surface area contributed by atoms with Gasteiger partial charge in [-0.15, -0.1) is 0 Å². The summed E-state index contributed by atoms with van der Waals surface area (Å²) in [5.41, 5.74) is 1.93. The second-order valence-electron chi connectivity index (χ2n) is 7.87. The van der Waals surface area contributed by atoms with Gasteiger partial charge in [0.15, 0.2) is 5.78 Å². The monoisotopic (exact) mass is 406 g/mol. The van der Waals surface area contributed by atoms with Crippen molar-refractivity contribution in [3.8, 4) is 5.75 Å². The Morgan fingerprint density at radius 2 is 1.97 bits per heavy atom. The number of hydrogen-bond donors (Lipinski definition) is 3. The average Bonchev–Trinajstić information content (AvgIpc) is 2.64. The van der Waals surface area contributed by atoms with Crippen LogP contribution in [0.25, 0.3) is 0 Å². The molecule has 0 aromatic heterocycles. The van der Waals surface area contributed by atoms with Gasteiger partial charge in [-0.1, -0.05) is 6.07 Å². The van der Waals surface area contributed by atoms with Crippen molar-refractivity contribution in [1.82, 2.24) is 0 Å². The van der Waals surface area contributed by atoms with Gasteiger partial charge in [0.05, 0.1) is 25.2 Å². The number of aromatic hydroxyl groups is 1. The number of benzene rings is 1. The van der Waals surface area contributed by atoms with Crippen LogP contribution in [0.1, 0.15) is 54.1 Å². The van der Waals surface area contributed by atoms with E-state index in [9.17, 15) is 29.7 Å². The quantitative estimate of drug-likeness (QED) is 0.479. The van der Waals surface area contributed by atoms with E-state index in [1.807, 2.05) is 0 Å². The zero-order valence-corrected chi connectivity index (χ0v) is 17.0. The lowest BCUT2D eigenvalue weighted by Crippen LogP contribution is -2.32. The highest BCUT2D eigenvalue weighted by Crippen LogP contribution is 2.38. The van der Waals surface area contributed by atoms with Crippen LogP contribution in [0.2, 0.25) is 0 Å². The number of carbonyl (C=O) groups is 3. The van der Waals surface area contributed by atoms with Crippen LogP contribution in [0.15, 0.2) is 12.1 Å². The van der Waals surface area contributed by atoms with Gasteiger partial charge in [-0.2, -0.15) is 0 Å². The molecule has 0 radical (unpaired) electrons. The van der Waals surface area contributed by atoms with Crippen LogP contribution in [0.4, 0.5) is 0 Å². The number of carbonyl (C=O) groups excluding carboxylic acids is 3. The smallest absolute Gasteiger partial charge is 0.167 e.